The molecule has 0 bridgehead atoms. The molecular weight excluding hydrogens is 124 g/mol. The Balaban J connectivity index is 3.87. The van der Waals surface area contributed by atoms with Gasteiger partial charge in [-0.2, -0.15) is 5.01 Å². The minimum absolute atomic E-state index is 0.761. The third-order valence-electron chi connectivity index (χ3n) is 1.89. The Morgan fingerprint density at radius 3 is 1.70 bits per heavy atom. The second kappa shape index (κ2) is 3.35. The van der Waals surface area contributed by atoms with E-state index >= 15 is 0 Å². The molecule has 0 spiro atoms. The minimum atomic E-state index is 0.761. The minimum Gasteiger partial charge on any atom is -0.248 e. The lowest BCUT2D eigenvalue weighted by Crippen LogP contribution is -2.52. The Labute approximate surface area is 65.0 Å². The number of rotatable bonds is 3. The summed E-state index contributed by atoms with van der Waals surface area (Å²) in [5.74, 6) is 0.761. The molecule has 0 aliphatic rings. The lowest BCUT2D eigenvalue weighted by atomic mass is 10.2. The highest BCUT2D eigenvalue weighted by molar-refractivity contribution is 4.38. The van der Waals surface area contributed by atoms with Crippen molar-refractivity contribution in [2.45, 2.75) is 13.8 Å². The van der Waals surface area contributed by atoms with Crippen molar-refractivity contribution in [2.75, 3.05) is 34.7 Å². The van der Waals surface area contributed by atoms with Gasteiger partial charge in [-0.05, 0) is 0 Å². The van der Waals surface area contributed by atoms with Gasteiger partial charge in [0.05, 0.1) is 20.6 Å². The van der Waals surface area contributed by atoms with Crippen molar-refractivity contribution in [3.63, 3.8) is 0 Å². The van der Waals surface area contributed by atoms with E-state index in [0.717, 1.165) is 10.5 Å². The van der Waals surface area contributed by atoms with Crippen LogP contribution in [-0.2, 0) is 0 Å². The van der Waals surface area contributed by atoms with Gasteiger partial charge in [0.25, 0.3) is 0 Å². The lowest BCUT2D eigenvalue weighted by Gasteiger charge is -2.36. The third-order valence-corrected chi connectivity index (χ3v) is 1.89. The molecule has 0 rings (SSSR count). The summed E-state index contributed by atoms with van der Waals surface area (Å²) in [6.07, 6.45) is 0. The molecule has 2 nitrogen and oxygen atoms in total. The molecule has 0 atom stereocenters. The molecule has 10 heavy (non-hydrogen) atoms. The van der Waals surface area contributed by atoms with E-state index in [-0.39, 0.29) is 0 Å². The lowest BCUT2D eigenvalue weighted by molar-refractivity contribution is -0.999. The van der Waals surface area contributed by atoms with Gasteiger partial charge in [0.15, 0.2) is 0 Å². The molecule has 0 aromatic heterocycles. The standard InChI is InChI=1S/C8H21N2/c1-8(2)7-10(5,6)9(3)4/h8H,7H2,1-6H3/q+1. The summed E-state index contributed by atoms with van der Waals surface area (Å²) in [7, 11) is 8.67. The van der Waals surface area contributed by atoms with Crippen LogP contribution in [0.2, 0.25) is 0 Å². The van der Waals surface area contributed by atoms with Crippen LogP contribution in [-0.4, -0.2) is 44.3 Å². The number of nitrogens with zero attached hydrogens (tertiary/aromatic N) is 2. The molecule has 0 N–H and O–H groups in total. The zero-order valence-electron chi connectivity index (χ0n) is 8.18. The highest BCUT2D eigenvalue weighted by Crippen LogP contribution is 2.05. The zero-order chi connectivity index (χ0) is 8.36. The largest absolute Gasteiger partial charge is 0.248 e. The molecule has 0 saturated heterocycles. The zero-order valence-corrected chi connectivity index (χ0v) is 8.18. The summed E-state index contributed by atoms with van der Waals surface area (Å²) in [6.45, 7) is 5.71. The van der Waals surface area contributed by atoms with Crippen molar-refractivity contribution in [3.8, 4) is 0 Å². The smallest absolute Gasteiger partial charge is 0.0982 e. The van der Waals surface area contributed by atoms with Gasteiger partial charge in [-0.1, -0.05) is 13.8 Å². The molecule has 0 amide bonds. The molecule has 62 valence electrons. The van der Waals surface area contributed by atoms with Crippen molar-refractivity contribution in [3.05, 3.63) is 0 Å². The van der Waals surface area contributed by atoms with Crippen molar-refractivity contribution in [1.82, 2.24) is 5.01 Å². The Morgan fingerprint density at radius 2 is 1.60 bits per heavy atom. The third kappa shape index (κ3) is 3.18. The highest BCUT2D eigenvalue weighted by atomic mass is 15.7. The fourth-order valence-electron chi connectivity index (χ4n) is 1.06. The Hall–Kier alpha value is -0.0800. The van der Waals surface area contributed by atoms with Gasteiger partial charge in [-0.15, -0.1) is 0 Å². The van der Waals surface area contributed by atoms with Gasteiger partial charge in [0.1, 0.15) is 0 Å². The number of quaternary nitrogens is 1. The SMILES string of the molecule is CC(C)C[N+](C)(C)N(C)C. The van der Waals surface area contributed by atoms with Crippen LogP contribution in [0, 0.1) is 5.92 Å². The van der Waals surface area contributed by atoms with E-state index in [1.54, 1.807) is 0 Å². The van der Waals surface area contributed by atoms with E-state index in [4.69, 9.17) is 0 Å². The Kier molecular flexibility index (Phi) is 3.33. The average molecular weight is 145 g/mol. The van der Waals surface area contributed by atoms with E-state index in [1.807, 2.05) is 0 Å². The Morgan fingerprint density at radius 1 is 1.20 bits per heavy atom. The van der Waals surface area contributed by atoms with Crippen LogP contribution in [0.3, 0.4) is 0 Å². The van der Waals surface area contributed by atoms with Crippen LogP contribution < -0.4 is 0 Å². The maximum Gasteiger partial charge on any atom is 0.0982 e. The molecule has 0 heterocycles. The van der Waals surface area contributed by atoms with Crippen LogP contribution in [0.4, 0.5) is 0 Å². The Bertz CT molecular complexity index is 95.4. The van der Waals surface area contributed by atoms with Crippen LogP contribution >= 0.6 is 0 Å². The summed E-state index contributed by atoms with van der Waals surface area (Å²) in [4.78, 5) is 0. The maximum absolute atomic E-state index is 2.25. The topological polar surface area (TPSA) is 3.24 Å². The summed E-state index contributed by atoms with van der Waals surface area (Å²) in [5, 5.41) is 2.22. The molecule has 0 aromatic rings. The summed E-state index contributed by atoms with van der Waals surface area (Å²) in [5.41, 5.74) is 0. The van der Waals surface area contributed by atoms with Gasteiger partial charge < -0.3 is 0 Å². The van der Waals surface area contributed by atoms with E-state index < -0.39 is 0 Å². The van der Waals surface area contributed by atoms with Crippen molar-refractivity contribution >= 4 is 0 Å². The first-order valence-electron chi connectivity index (χ1n) is 3.87. The second-order valence-corrected chi connectivity index (χ2v) is 4.04. The summed E-state index contributed by atoms with van der Waals surface area (Å²) >= 11 is 0. The van der Waals surface area contributed by atoms with E-state index in [9.17, 15) is 0 Å². The van der Waals surface area contributed by atoms with E-state index in [0.29, 0.717) is 0 Å². The summed E-state index contributed by atoms with van der Waals surface area (Å²) < 4.78 is 0.970. The first-order valence-corrected chi connectivity index (χ1v) is 3.87. The molecular formula is C8H21N2+. The molecule has 0 saturated carbocycles. The van der Waals surface area contributed by atoms with E-state index in [2.05, 4.69) is 47.0 Å². The fraction of sp³-hybridized carbons (Fsp3) is 1.00. The predicted octanol–water partition coefficient (Wildman–Crippen LogP) is 1.20. The van der Waals surface area contributed by atoms with Crippen LogP contribution in [0.15, 0.2) is 0 Å². The van der Waals surface area contributed by atoms with Crippen molar-refractivity contribution in [1.29, 1.82) is 0 Å². The number of hydrogen-bond donors (Lipinski definition) is 0. The molecule has 0 aliphatic heterocycles. The fourth-order valence-corrected chi connectivity index (χ4v) is 1.06. The number of hydrogen-bond acceptors (Lipinski definition) is 1. The monoisotopic (exact) mass is 145 g/mol. The summed E-state index contributed by atoms with van der Waals surface area (Å²) in [6, 6.07) is 0. The molecule has 0 aromatic carbocycles. The van der Waals surface area contributed by atoms with Gasteiger partial charge in [0, 0.05) is 20.0 Å². The van der Waals surface area contributed by atoms with Crippen LogP contribution in [0.25, 0.3) is 0 Å². The normalized spacial score (nSPS) is 13.2. The van der Waals surface area contributed by atoms with Crippen molar-refractivity contribution < 1.29 is 4.59 Å². The second-order valence-electron chi connectivity index (χ2n) is 4.04. The first kappa shape index (κ1) is 9.92. The first-order chi connectivity index (χ1) is 4.36. The molecule has 0 radical (unpaired) electrons. The maximum atomic E-state index is 2.25. The van der Waals surface area contributed by atoms with E-state index in [1.165, 1.54) is 6.54 Å². The predicted molar refractivity (Wildman–Crippen MR) is 45.5 cm³/mol. The van der Waals surface area contributed by atoms with Gasteiger partial charge in [0.2, 0.25) is 0 Å². The van der Waals surface area contributed by atoms with Gasteiger partial charge >= 0.3 is 0 Å². The highest BCUT2D eigenvalue weighted by Gasteiger charge is 2.19. The van der Waals surface area contributed by atoms with Crippen LogP contribution in [0.1, 0.15) is 13.8 Å². The molecule has 2 heteroatoms. The van der Waals surface area contributed by atoms with Crippen molar-refractivity contribution in [2.24, 2.45) is 5.92 Å². The average Bonchev–Trinajstić information content (AvgIpc) is 1.60. The van der Waals surface area contributed by atoms with Gasteiger partial charge in [-0.3, -0.25) is 0 Å². The quantitative estimate of drug-likeness (QED) is 0.426. The molecule has 0 aliphatic carbocycles. The van der Waals surface area contributed by atoms with Gasteiger partial charge in [-0.25, -0.2) is 4.59 Å². The molecule has 0 fully saturated rings. The molecule has 0 unspecified atom stereocenters. The van der Waals surface area contributed by atoms with Crippen LogP contribution in [0.5, 0.6) is 0 Å².